The summed E-state index contributed by atoms with van der Waals surface area (Å²) >= 11 is 13.4. The molecule has 3 aromatic rings. The van der Waals surface area contributed by atoms with Gasteiger partial charge in [0.15, 0.2) is 0 Å². The molecule has 0 bridgehead atoms. The van der Waals surface area contributed by atoms with Gasteiger partial charge in [0.1, 0.15) is 5.75 Å². The number of hydrogen-bond acceptors (Lipinski definition) is 4. The van der Waals surface area contributed by atoms with E-state index in [1.807, 2.05) is 44.2 Å². The Morgan fingerprint density at radius 1 is 0.969 bits per heavy atom. The van der Waals surface area contributed by atoms with Crippen LogP contribution in [0.15, 0.2) is 71.6 Å². The molecule has 0 heterocycles. The third kappa shape index (κ3) is 6.66. The van der Waals surface area contributed by atoms with Crippen LogP contribution in [0, 0.1) is 0 Å². The van der Waals surface area contributed by atoms with Crippen molar-refractivity contribution in [2.45, 2.75) is 24.0 Å². The SMILES string of the molecule is CCOc1ccc(NC(=O)C(C)Sc2cccc(NC(=O)c3ccc(Cl)cc3Cl)c2)cc1. The maximum atomic E-state index is 12.6. The molecule has 0 saturated heterocycles. The summed E-state index contributed by atoms with van der Waals surface area (Å²) in [5, 5.41) is 6.11. The predicted molar refractivity (Wildman–Crippen MR) is 132 cm³/mol. The first kappa shape index (κ1) is 24.0. The van der Waals surface area contributed by atoms with Gasteiger partial charge < -0.3 is 15.4 Å². The van der Waals surface area contributed by atoms with Gasteiger partial charge in [-0.05, 0) is 74.5 Å². The number of halogens is 2. The number of anilines is 2. The van der Waals surface area contributed by atoms with E-state index in [9.17, 15) is 9.59 Å². The Kier molecular flexibility index (Phi) is 8.45. The minimum atomic E-state index is -0.349. The highest BCUT2D eigenvalue weighted by Crippen LogP contribution is 2.28. The van der Waals surface area contributed by atoms with E-state index in [0.717, 1.165) is 10.6 Å². The monoisotopic (exact) mass is 488 g/mol. The molecule has 0 aliphatic heterocycles. The molecule has 0 aliphatic rings. The van der Waals surface area contributed by atoms with Crippen molar-refractivity contribution in [3.63, 3.8) is 0 Å². The first-order chi connectivity index (χ1) is 15.4. The summed E-state index contributed by atoms with van der Waals surface area (Å²) < 4.78 is 5.41. The lowest BCUT2D eigenvalue weighted by atomic mass is 10.2. The largest absolute Gasteiger partial charge is 0.494 e. The Hall–Kier alpha value is -2.67. The van der Waals surface area contributed by atoms with Gasteiger partial charge in [-0.1, -0.05) is 29.3 Å². The van der Waals surface area contributed by atoms with Crippen LogP contribution in [0.4, 0.5) is 11.4 Å². The minimum Gasteiger partial charge on any atom is -0.494 e. The molecule has 3 aromatic carbocycles. The second-order valence-corrected chi connectivity index (χ2v) is 9.07. The lowest BCUT2D eigenvalue weighted by Gasteiger charge is -2.13. The molecule has 0 radical (unpaired) electrons. The van der Waals surface area contributed by atoms with Crippen molar-refractivity contribution in [3.05, 3.63) is 82.3 Å². The average molecular weight is 489 g/mol. The van der Waals surface area contributed by atoms with Crippen LogP contribution in [0.1, 0.15) is 24.2 Å². The summed E-state index contributed by atoms with van der Waals surface area (Å²) in [5.41, 5.74) is 1.63. The topological polar surface area (TPSA) is 67.4 Å². The van der Waals surface area contributed by atoms with E-state index in [1.54, 1.807) is 30.3 Å². The zero-order valence-electron chi connectivity index (χ0n) is 17.5. The van der Waals surface area contributed by atoms with Gasteiger partial charge in [-0.3, -0.25) is 9.59 Å². The van der Waals surface area contributed by atoms with Crippen LogP contribution in [0.25, 0.3) is 0 Å². The lowest BCUT2D eigenvalue weighted by molar-refractivity contribution is -0.115. The highest BCUT2D eigenvalue weighted by Gasteiger charge is 2.16. The van der Waals surface area contributed by atoms with E-state index in [0.29, 0.717) is 28.6 Å². The molecule has 0 aliphatic carbocycles. The molecule has 0 fully saturated rings. The number of rotatable bonds is 8. The number of ether oxygens (including phenoxy) is 1. The molecular weight excluding hydrogens is 467 g/mol. The van der Waals surface area contributed by atoms with Crippen molar-refractivity contribution < 1.29 is 14.3 Å². The average Bonchev–Trinajstić information content (AvgIpc) is 2.75. The zero-order valence-corrected chi connectivity index (χ0v) is 19.9. The third-order valence-corrected chi connectivity index (χ3v) is 6.02. The van der Waals surface area contributed by atoms with Crippen LogP contribution in [0.5, 0.6) is 5.75 Å². The normalized spacial score (nSPS) is 11.5. The predicted octanol–water partition coefficient (Wildman–Crippen LogP) is 6.76. The Bertz CT molecular complexity index is 1110. The van der Waals surface area contributed by atoms with Gasteiger partial charge in [-0.2, -0.15) is 0 Å². The van der Waals surface area contributed by atoms with Crippen LogP contribution in [-0.2, 0) is 4.79 Å². The van der Waals surface area contributed by atoms with Gasteiger partial charge in [0.25, 0.3) is 5.91 Å². The van der Waals surface area contributed by atoms with Gasteiger partial charge >= 0.3 is 0 Å². The van der Waals surface area contributed by atoms with Gasteiger partial charge in [0.2, 0.25) is 5.91 Å². The maximum Gasteiger partial charge on any atom is 0.257 e. The van der Waals surface area contributed by atoms with Gasteiger partial charge in [0, 0.05) is 21.3 Å². The Balaban J connectivity index is 1.60. The highest BCUT2D eigenvalue weighted by molar-refractivity contribution is 8.00. The molecule has 8 heteroatoms. The number of amides is 2. The molecule has 166 valence electrons. The van der Waals surface area contributed by atoms with Crippen molar-refractivity contribution in [1.29, 1.82) is 0 Å². The second kappa shape index (κ2) is 11.3. The fraction of sp³-hybridized carbons (Fsp3) is 0.167. The number of benzene rings is 3. The minimum absolute atomic E-state index is 0.124. The number of nitrogens with one attached hydrogen (secondary N) is 2. The molecule has 0 spiro atoms. The van der Waals surface area contributed by atoms with Crippen molar-refractivity contribution in [1.82, 2.24) is 0 Å². The molecule has 1 atom stereocenters. The summed E-state index contributed by atoms with van der Waals surface area (Å²) in [6, 6.07) is 19.2. The number of thioether (sulfide) groups is 1. The molecule has 0 aromatic heterocycles. The first-order valence-electron chi connectivity index (χ1n) is 9.92. The summed E-state index contributed by atoms with van der Waals surface area (Å²) in [7, 11) is 0. The van der Waals surface area contributed by atoms with Crippen LogP contribution >= 0.6 is 35.0 Å². The number of carbonyl (C=O) groups is 2. The van der Waals surface area contributed by atoms with Crippen molar-refractivity contribution in [2.75, 3.05) is 17.2 Å². The van der Waals surface area contributed by atoms with E-state index >= 15 is 0 Å². The number of carbonyl (C=O) groups excluding carboxylic acids is 2. The van der Waals surface area contributed by atoms with E-state index in [4.69, 9.17) is 27.9 Å². The van der Waals surface area contributed by atoms with Crippen LogP contribution in [0.2, 0.25) is 10.0 Å². The first-order valence-corrected chi connectivity index (χ1v) is 11.6. The standard InChI is InChI=1S/C24H22Cl2N2O3S/c1-3-31-19-10-8-17(9-11-19)27-23(29)15(2)32-20-6-4-5-18(14-20)28-24(30)21-12-7-16(25)13-22(21)26/h4-15H,3H2,1-2H3,(H,27,29)(H,28,30). The number of hydrogen-bond donors (Lipinski definition) is 2. The Morgan fingerprint density at radius 3 is 2.41 bits per heavy atom. The van der Waals surface area contributed by atoms with E-state index in [-0.39, 0.29) is 22.1 Å². The highest BCUT2D eigenvalue weighted by atomic mass is 35.5. The van der Waals surface area contributed by atoms with Crippen molar-refractivity contribution in [3.8, 4) is 5.75 Å². The summed E-state index contributed by atoms with van der Waals surface area (Å²) in [6.07, 6.45) is 0. The maximum absolute atomic E-state index is 12.6. The van der Waals surface area contributed by atoms with Crippen molar-refractivity contribution >= 4 is 58.2 Å². The molecule has 0 saturated carbocycles. The molecule has 3 rings (SSSR count). The van der Waals surface area contributed by atoms with Crippen LogP contribution in [-0.4, -0.2) is 23.7 Å². The second-order valence-electron chi connectivity index (χ2n) is 6.81. The van der Waals surface area contributed by atoms with E-state index < -0.39 is 0 Å². The Labute approximate surface area is 201 Å². The molecule has 2 amide bonds. The van der Waals surface area contributed by atoms with E-state index in [2.05, 4.69) is 10.6 Å². The van der Waals surface area contributed by atoms with Gasteiger partial charge in [0.05, 0.1) is 22.4 Å². The fourth-order valence-electron chi connectivity index (χ4n) is 2.82. The fourth-order valence-corrected chi connectivity index (χ4v) is 4.24. The molecular formula is C24H22Cl2N2O3S. The smallest absolute Gasteiger partial charge is 0.257 e. The Morgan fingerprint density at radius 2 is 1.72 bits per heavy atom. The van der Waals surface area contributed by atoms with Crippen LogP contribution in [0.3, 0.4) is 0 Å². The van der Waals surface area contributed by atoms with Gasteiger partial charge in [-0.15, -0.1) is 11.8 Å². The molecule has 32 heavy (non-hydrogen) atoms. The third-order valence-electron chi connectivity index (χ3n) is 4.38. The van der Waals surface area contributed by atoms with E-state index in [1.165, 1.54) is 17.8 Å². The quantitative estimate of drug-likeness (QED) is 0.343. The van der Waals surface area contributed by atoms with Crippen molar-refractivity contribution in [2.24, 2.45) is 0 Å². The zero-order chi connectivity index (χ0) is 23.1. The molecule has 5 nitrogen and oxygen atoms in total. The summed E-state index contributed by atoms with van der Waals surface area (Å²) in [6.45, 7) is 4.33. The van der Waals surface area contributed by atoms with Crippen LogP contribution < -0.4 is 15.4 Å². The lowest BCUT2D eigenvalue weighted by Crippen LogP contribution is -2.22. The summed E-state index contributed by atoms with van der Waals surface area (Å²) in [4.78, 5) is 26.0. The van der Waals surface area contributed by atoms with Gasteiger partial charge in [-0.25, -0.2) is 0 Å². The summed E-state index contributed by atoms with van der Waals surface area (Å²) in [5.74, 6) is 0.295. The molecule has 1 unspecified atom stereocenters. The molecule has 2 N–H and O–H groups in total.